The monoisotopic (exact) mass is 390 g/mol. The van der Waals surface area contributed by atoms with Gasteiger partial charge in [-0.25, -0.2) is 8.42 Å². The molecule has 0 atom stereocenters. The summed E-state index contributed by atoms with van der Waals surface area (Å²) in [6, 6.07) is 12.3. The molecule has 26 heavy (non-hydrogen) atoms. The number of rotatable bonds is 5. The van der Waals surface area contributed by atoms with Gasteiger partial charge in [0.05, 0.1) is 21.0 Å². The van der Waals surface area contributed by atoms with Gasteiger partial charge in [-0.2, -0.15) is 0 Å². The van der Waals surface area contributed by atoms with Gasteiger partial charge in [-0.3, -0.25) is 9.59 Å². The van der Waals surface area contributed by atoms with Crippen molar-refractivity contribution in [2.45, 2.75) is 4.90 Å². The first-order chi connectivity index (χ1) is 12.3. The Morgan fingerprint density at radius 2 is 1.81 bits per heavy atom. The number of hydrogen-bond donors (Lipinski definition) is 2. The number of amides is 2. The van der Waals surface area contributed by atoms with Crippen molar-refractivity contribution in [3.8, 4) is 0 Å². The number of carbonyl (C=O) groups is 2. The highest BCUT2D eigenvalue weighted by Gasteiger charge is 2.14. The van der Waals surface area contributed by atoms with Crippen molar-refractivity contribution in [1.29, 1.82) is 0 Å². The number of anilines is 2. The minimum Gasteiger partial charge on any atom is -0.459 e. The lowest BCUT2D eigenvalue weighted by molar-refractivity contribution is 0.0995. The van der Waals surface area contributed by atoms with Gasteiger partial charge in [-0.05, 0) is 42.5 Å². The van der Waals surface area contributed by atoms with Crippen molar-refractivity contribution in [1.82, 2.24) is 0 Å². The lowest BCUT2D eigenvalue weighted by Gasteiger charge is -2.05. The number of benzene rings is 1. The van der Waals surface area contributed by atoms with E-state index >= 15 is 0 Å². The summed E-state index contributed by atoms with van der Waals surface area (Å²) in [5.74, 6) is -0.647. The fraction of sp³-hybridized carbons (Fsp3) is 0.0588. The van der Waals surface area contributed by atoms with Gasteiger partial charge in [0.2, 0.25) is 0 Å². The molecule has 0 aliphatic heterocycles. The summed E-state index contributed by atoms with van der Waals surface area (Å²) in [6.07, 6.45) is 2.49. The number of thiophene rings is 1. The highest BCUT2D eigenvalue weighted by molar-refractivity contribution is 7.90. The maximum absolute atomic E-state index is 12.3. The highest BCUT2D eigenvalue weighted by Crippen LogP contribution is 2.24. The fourth-order valence-electron chi connectivity index (χ4n) is 2.11. The molecule has 0 saturated heterocycles. The van der Waals surface area contributed by atoms with E-state index in [0.29, 0.717) is 15.6 Å². The minimum absolute atomic E-state index is 0.118. The zero-order valence-electron chi connectivity index (χ0n) is 13.6. The summed E-state index contributed by atoms with van der Waals surface area (Å²) in [4.78, 5) is 24.7. The molecule has 3 rings (SSSR count). The Morgan fingerprint density at radius 3 is 2.50 bits per heavy atom. The Morgan fingerprint density at radius 1 is 1.00 bits per heavy atom. The molecule has 0 aliphatic carbocycles. The Hall–Kier alpha value is -2.91. The van der Waals surface area contributed by atoms with Crippen LogP contribution in [0.1, 0.15) is 20.2 Å². The van der Waals surface area contributed by atoms with Crippen molar-refractivity contribution in [2.24, 2.45) is 0 Å². The van der Waals surface area contributed by atoms with E-state index in [9.17, 15) is 18.0 Å². The summed E-state index contributed by atoms with van der Waals surface area (Å²) in [5, 5.41) is 5.77. The van der Waals surface area contributed by atoms with E-state index in [1.54, 1.807) is 30.3 Å². The van der Waals surface area contributed by atoms with Crippen LogP contribution in [0.5, 0.6) is 0 Å². The first kappa shape index (κ1) is 17.9. The Balaban J connectivity index is 1.70. The van der Waals surface area contributed by atoms with Crippen LogP contribution < -0.4 is 10.6 Å². The molecule has 2 heterocycles. The summed E-state index contributed by atoms with van der Waals surface area (Å²) in [5.41, 5.74) is 0.368. The van der Waals surface area contributed by atoms with Crippen LogP contribution in [-0.4, -0.2) is 26.5 Å². The van der Waals surface area contributed by atoms with Gasteiger partial charge in [0.1, 0.15) is 0 Å². The lowest BCUT2D eigenvalue weighted by Crippen LogP contribution is -2.11. The summed E-state index contributed by atoms with van der Waals surface area (Å²) in [6.45, 7) is 0. The first-order valence-electron chi connectivity index (χ1n) is 7.39. The maximum atomic E-state index is 12.3. The van der Waals surface area contributed by atoms with Crippen molar-refractivity contribution >= 4 is 43.7 Å². The van der Waals surface area contributed by atoms with Crippen LogP contribution in [0.2, 0.25) is 0 Å². The number of hydrogen-bond acceptors (Lipinski definition) is 6. The van der Waals surface area contributed by atoms with E-state index in [1.165, 1.54) is 24.5 Å². The average molecular weight is 390 g/mol. The number of nitrogens with one attached hydrogen (secondary N) is 2. The van der Waals surface area contributed by atoms with Gasteiger partial charge in [-0.15, -0.1) is 11.3 Å². The van der Waals surface area contributed by atoms with Crippen LogP contribution in [0, 0.1) is 0 Å². The average Bonchev–Trinajstić information content (AvgIpc) is 3.26. The van der Waals surface area contributed by atoms with E-state index in [-0.39, 0.29) is 10.7 Å². The molecule has 0 unspecified atom stereocenters. The van der Waals surface area contributed by atoms with E-state index < -0.39 is 21.7 Å². The molecule has 1 aromatic carbocycles. The smallest absolute Gasteiger partial charge is 0.291 e. The van der Waals surface area contributed by atoms with Gasteiger partial charge in [0.15, 0.2) is 15.6 Å². The van der Waals surface area contributed by atoms with Crippen LogP contribution in [0.3, 0.4) is 0 Å². The molecule has 9 heteroatoms. The quantitative estimate of drug-likeness (QED) is 0.696. The number of furan rings is 1. The standard InChI is InChI=1S/C17H14N2O5S2/c1-26(22,23)12-5-2-4-11(10-12)18-17(21)14-7-8-15(25-14)19-16(20)13-6-3-9-24-13/h2-10H,1H3,(H,18,21)(H,19,20). The molecular weight excluding hydrogens is 376 g/mol. The molecule has 2 aromatic heterocycles. The molecule has 0 saturated carbocycles. The fourth-order valence-corrected chi connectivity index (χ4v) is 3.57. The third-order valence-electron chi connectivity index (χ3n) is 3.33. The van der Waals surface area contributed by atoms with E-state index in [0.717, 1.165) is 17.6 Å². The van der Waals surface area contributed by atoms with Crippen molar-refractivity contribution in [2.75, 3.05) is 16.9 Å². The molecule has 0 bridgehead atoms. The minimum atomic E-state index is -3.36. The number of sulfone groups is 1. The van der Waals surface area contributed by atoms with Gasteiger partial charge in [-0.1, -0.05) is 6.07 Å². The van der Waals surface area contributed by atoms with Crippen LogP contribution in [0.4, 0.5) is 10.7 Å². The van der Waals surface area contributed by atoms with Crippen molar-refractivity contribution in [3.05, 3.63) is 65.4 Å². The van der Waals surface area contributed by atoms with Gasteiger partial charge in [0.25, 0.3) is 11.8 Å². The molecule has 0 fully saturated rings. The van der Waals surface area contributed by atoms with E-state index in [4.69, 9.17) is 4.42 Å². The summed E-state index contributed by atoms with van der Waals surface area (Å²) < 4.78 is 28.2. The van der Waals surface area contributed by atoms with Crippen LogP contribution in [-0.2, 0) is 9.84 Å². The Kier molecular flexibility index (Phi) is 4.92. The molecule has 134 valence electrons. The maximum Gasteiger partial charge on any atom is 0.291 e. The van der Waals surface area contributed by atoms with Crippen LogP contribution in [0.15, 0.2) is 64.1 Å². The molecule has 2 N–H and O–H groups in total. The topological polar surface area (TPSA) is 105 Å². The van der Waals surface area contributed by atoms with Crippen molar-refractivity contribution < 1.29 is 22.4 Å². The molecule has 2 amide bonds. The van der Waals surface area contributed by atoms with Crippen LogP contribution in [0.25, 0.3) is 0 Å². The zero-order valence-corrected chi connectivity index (χ0v) is 15.2. The second kappa shape index (κ2) is 7.14. The Labute approximate surface area is 153 Å². The zero-order chi connectivity index (χ0) is 18.7. The molecular formula is C17H14N2O5S2. The third kappa shape index (κ3) is 4.19. The van der Waals surface area contributed by atoms with Gasteiger partial charge in [0, 0.05) is 11.9 Å². The second-order valence-corrected chi connectivity index (χ2v) is 8.45. The normalized spacial score (nSPS) is 11.1. The number of carbonyl (C=O) groups excluding carboxylic acids is 2. The highest BCUT2D eigenvalue weighted by atomic mass is 32.2. The Bertz CT molecular complexity index is 1050. The molecule has 0 aliphatic rings. The van der Waals surface area contributed by atoms with Crippen LogP contribution >= 0.6 is 11.3 Å². The van der Waals surface area contributed by atoms with Gasteiger partial charge >= 0.3 is 0 Å². The molecule has 7 nitrogen and oxygen atoms in total. The van der Waals surface area contributed by atoms with Gasteiger partial charge < -0.3 is 15.1 Å². The molecule has 0 spiro atoms. The molecule has 0 radical (unpaired) electrons. The summed E-state index contributed by atoms with van der Waals surface area (Å²) in [7, 11) is -3.36. The third-order valence-corrected chi connectivity index (χ3v) is 5.44. The largest absolute Gasteiger partial charge is 0.459 e. The summed E-state index contributed by atoms with van der Waals surface area (Å²) >= 11 is 1.09. The van der Waals surface area contributed by atoms with E-state index in [1.807, 2.05) is 0 Å². The van der Waals surface area contributed by atoms with Crippen molar-refractivity contribution in [3.63, 3.8) is 0 Å². The molecule has 3 aromatic rings. The first-order valence-corrected chi connectivity index (χ1v) is 10.1. The predicted octanol–water partition coefficient (Wildman–Crippen LogP) is 3.25. The predicted molar refractivity (Wildman–Crippen MR) is 98.5 cm³/mol. The van der Waals surface area contributed by atoms with E-state index in [2.05, 4.69) is 10.6 Å². The SMILES string of the molecule is CS(=O)(=O)c1cccc(NC(=O)c2ccc(NC(=O)c3ccco3)s2)c1. The second-order valence-electron chi connectivity index (χ2n) is 5.35. The lowest BCUT2D eigenvalue weighted by atomic mass is 10.3.